The van der Waals surface area contributed by atoms with Crippen LogP contribution in [0.3, 0.4) is 0 Å². The van der Waals surface area contributed by atoms with Gasteiger partial charge in [0.1, 0.15) is 0 Å². The molecule has 3 nitrogen and oxygen atoms in total. The Kier molecular flexibility index (Phi) is 4.74. The summed E-state index contributed by atoms with van der Waals surface area (Å²) in [6.07, 6.45) is 0. The van der Waals surface area contributed by atoms with Gasteiger partial charge in [0, 0.05) is 4.48 Å². The molecule has 1 rings (SSSR count). The maximum Gasteiger partial charge on any atom is 0.337 e. The van der Waals surface area contributed by atoms with Crippen LogP contribution in [0.15, 0.2) is 36.0 Å². The van der Waals surface area contributed by atoms with Crippen LogP contribution in [0.2, 0.25) is 0 Å². The minimum atomic E-state index is -0.603. The van der Waals surface area contributed by atoms with Crippen LogP contribution in [0.25, 0.3) is 9.33 Å². The molecule has 0 radical (unpaired) electrons. The number of hydrogen-bond acceptors (Lipinski definition) is 2. The third-order valence-electron chi connectivity index (χ3n) is 1.82. The molecule has 4 heteroatoms. The second-order valence-corrected chi connectivity index (χ2v) is 3.65. The maximum atomic E-state index is 11.5. The predicted octanol–water partition coefficient (Wildman–Crippen LogP) is 3.23. The lowest BCUT2D eigenvalue weighted by Gasteiger charge is -2.04. The molecule has 0 aliphatic heterocycles. The zero-order valence-electron chi connectivity index (χ0n) is 8.74. The van der Waals surface area contributed by atoms with Crippen molar-refractivity contribution in [2.45, 2.75) is 6.92 Å². The Morgan fingerprint density at radius 1 is 1.44 bits per heavy atom. The van der Waals surface area contributed by atoms with Crippen LogP contribution in [0.4, 0.5) is 0 Å². The summed E-state index contributed by atoms with van der Waals surface area (Å²) in [6, 6.07) is 9.17. The number of carbonyl (C=O) groups excluding carboxylic acids is 1. The number of benzene rings is 1. The fraction of sp³-hybridized carbons (Fsp3) is 0.167. The molecule has 0 amide bonds. The van der Waals surface area contributed by atoms with Crippen LogP contribution in [-0.4, -0.2) is 12.6 Å². The summed E-state index contributed by atoms with van der Waals surface area (Å²) < 4.78 is 5.26. The first-order chi connectivity index (χ1) is 7.70. The average molecular weight is 280 g/mol. The van der Waals surface area contributed by atoms with E-state index in [1.165, 1.54) is 0 Å². The molecule has 0 saturated carbocycles. The van der Waals surface area contributed by atoms with Crippen molar-refractivity contribution in [1.29, 1.82) is 0 Å². The van der Waals surface area contributed by atoms with Crippen molar-refractivity contribution in [3.05, 3.63) is 53.0 Å². The molecular formula is C12H10BrNO2. The van der Waals surface area contributed by atoms with E-state index in [0.29, 0.717) is 4.48 Å². The Morgan fingerprint density at radius 3 is 2.56 bits per heavy atom. The van der Waals surface area contributed by atoms with Crippen molar-refractivity contribution >= 4 is 26.4 Å². The van der Waals surface area contributed by atoms with E-state index in [4.69, 9.17) is 11.3 Å². The van der Waals surface area contributed by atoms with Gasteiger partial charge in [0.15, 0.2) is 0 Å². The highest BCUT2D eigenvalue weighted by Gasteiger charge is 2.16. The molecule has 0 heterocycles. The van der Waals surface area contributed by atoms with Crippen LogP contribution >= 0.6 is 15.9 Å². The highest BCUT2D eigenvalue weighted by atomic mass is 79.9. The zero-order chi connectivity index (χ0) is 12.0. The fourth-order valence-corrected chi connectivity index (χ4v) is 1.62. The van der Waals surface area contributed by atoms with Crippen LogP contribution in [-0.2, 0) is 9.53 Å². The molecule has 0 unspecified atom stereocenters. The van der Waals surface area contributed by atoms with Crippen molar-refractivity contribution in [3.8, 4) is 0 Å². The van der Waals surface area contributed by atoms with Crippen LogP contribution in [0, 0.1) is 6.57 Å². The van der Waals surface area contributed by atoms with E-state index in [9.17, 15) is 4.79 Å². The van der Waals surface area contributed by atoms with Crippen LogP contribution < -0.4 is 0 Å². The summed E-state index contributed by atoms with van der Waals surface area (Å²) in [4.78, 5) is 14.7. The smallest absolute Gasteiger partial charge is 0.337 e. The lowest BCUT2D eigenvalue weighted by Crippen LogP contribution is -2.06. The van der Waals surface area contributed by atoms with Crippen LogP contribution in [0.1, 0.15) is 12.5 Å². The summed E-state index contributed by atoms with van der Waals surface area (Å²) in [7, 11) is 0. The lowest BCUT2D eigenvalue weighted by molar-refractivity contribution is -0.138. The van der Waals surface area contributed by atoms with Gasteiger partial charge in [-0.15, -0.1) is 0 Å². The molecule has 0 aromatic heterocycles. The second-order valence-electron chi connectivity index (χ2n) is 2.86. The molecule has 0 N–H and O–H groups in total. The molecule has 0 aliphatic rings. The first-order valence-corrected chi connectivity index (χ1v) is 5.49. The van der Waals surface area contributed by atoms with Gasteiger partial charge in [-0.25, -0.2) is 4.85 Å². The molecule has 82 valence electrons. The quantitative estimate of drug-likeness (QED) is 0.483. The minimum Gasteiger partial charge on any atom is -0.471 e. The van der Waals surface area contributed by atoms with E-state index in [2.05, 4.69) is 20.8 Å². The van der Waals surface area contributed by atoms with E-state index in [1.54, 1.807) is 6.92 Å². The molecule has 16 heavy (non-hydrogen) atoms. The molecule has 1 aromatic rings. The normalized spacial score (nSPS) is 11.3. The number of nitrogens with zero attached hydrogens (tertiary/aromatic N) is 1. The van der Waals surface area contributed by atoms with Gasteiger partial charge in [-0.2, -0.15) is 0 Å². The predicted molar refractivity (Wildman–Crippen MR) is 65.5 cm³/mol. The Balaban J connectivity index is 3.11. The Hall–Kier alpha value is -1.60. The van der Waals surface area contributed by atoms with Gasteiger partial charge in [-0.3, -0.25) is 4.79 Å². The number of hydrogen-bond donors (Lipinski definition) is 0. The van der Waals surface area contributed by atoms with Gasteiger partial charge in [0.2, 0.25) is 0 Å². The van der Waals surface area contributed by atoms with E-state index in [1.807, 2.05) is 30.3 Å². The molecule has 0 bridgehead atoms. The SMILES string of the molecule is [C-]#[N+]/C(C(=O)OCC)=C(/Br)c1ccccc1. The number of ether oxygens (including phenoxy) is 1. The van der Waals surface area contributed by atoms with Crippen molar-refractivity contribution in [1.82, 2.24) is 0 Å². The third kappa shape index (κ3) is 2.94. The largest absolute Gasteiger partial charge is 0.471 e. The Morgan fingerprint density at radius 2 is 2.06 bits per heavy atom. The molecule has 0 saturated heterocycles. The summed E-state index contributed by atoms with van der Waals surface area (Å²) in [5.41, 5.74) is 0.745. The van der Waals surface area contributed by atoms with Gasteiger partial charge in [-0.05, 0) is 12.5 Å². The summed E-state index contributed by atoms with van der Waals surface area (Å²) in [5, 5.41) is 0. The highest BCUT2D eigenvalue weighted by Crippen LogP contribution is 2.26. The maximum absolute atomic E-state index is 11.5. The van der Waals surface area contributed by atoms with Gasteiger partial charge in [0.05, 0.1) is 13.2 Å². The summed E-state index contributed by atoms with van der Waals surface area (Å²) >= 11 is 3.25. The number of carbonyl (C=O) groups is 1. The van der Waals surface area contributed by atoms with Crippen molar-refractivity contribution in [2.75, 3.05) is 6.61 Å². The molecular weight excluding hydrogens is 270 g/mol. The van der Waals surface area contributed by atoms with Crippen molar-refractivity contribution in [2.24, 2.45) is 0 Å². The van der Waals surface area contributed by atoms with Crippen molar-refractivity contribution < 1.29 is 9.53 Å². The summed E-state index contributed by atoms with van der Waals surface area (Å²) in [6.45, 7) is 8.95. The molecule has 0 aliphatic carbocycles. The van der Waals surface area contributed by atoms with Gasteiger partial charge < -0.3 is 4.74 Å². The van der Waals surface area contributed by atoms with Gasteiger partial charge in [-0.1, -0.05) is 46.3 Å². The first kappa shape index (κ1) is 12.5. The zero-order valence-corrected chi connectivity index (χ0v) is 10.3. The average Bonchev–Trinajstić information content (AvgIpc) is 2.31. The molecule has 0 spiro atoms. The van der Waals surface area contributed by atoms with E-state index in [-0.39, 0.29) is 12.3 Å². The molecule has 0 atom stereocenters. The number of halogens is 1. The first-order valence-electron chi connectivity index (χ1n) is 4.70. The summed E-state index contributed by atoms with van der Waals surface area (Å²) in [5.74, 6) is -0.603. The van der Waals surface area contributed by atoms with E-state index < -0.39 is 5.97 Å². The van der Waals surface area contributed by atoms with Gasteiger partial charge >= 0.3 is 5.97 Å². The van der Waals surface area contributed by atoms with E-state index in [0.717, 1.165) is 5.56 Å². The monoisotopic (exact) mass is 279 g/mol. The minimum absolute atomic E-state index is 0.0342. The highest BCUT2D eigenvalue weighted by molar-refractivity contribution is 9.15. The number of rotatable bonds is 3. The van der Waals surface area contributed by atoms with E-state index >= 15 is 0 Å². The second kappa shape index (κ2) is 6.09. The molecule has 1 aromatic carbocycles. The third-order valence-corrected chi connectivity index (χ3v) is 2.65. The van der Waals surface area contributed by atoms with Crippen LogP contribution in [0.5, 0.6) is 0 Å². The molecule has 0 fully saturated rings. The number of esters is 1. The van der Waals surface area contributed by atoms with Gasteiger partial charge in [0.25, 0.3) is 5.70 Å². The lowest BCUT2D eigenvalue weighted by atomic mass is 10.2. The fourth-order valence-electron chi connectivity index (χ4n) is 1.10. The Labute approximate surface area is 103 Å². The topological polar surface area (TPSA) is 30.7 Å². The Bertz CT molecular complexity index is 446. The van der Waals surface area contributed by atoms with Crippen molar-refractivity contribution in [3.63, 3.8) is 0 Å². The standard InChI is InChI=1S/C12H10BrNO2/c1-3-16-12(15)11(14-2)10(13)9-7-5-4-6-8-9/h4-8H,3H2,1H3/b11-10+.